The Kier molecular flexibility index (Phi) is 4.49. The van der Waals surface area contributed by atoms with E-state index in [1.165, 1.54) is 12.1 Å². The molecule has 100 valence electrons. The molecular formula is C11H10BrClN4O2. The molecule has 0 saturated heterocycles. The lowest BCUT2D eigenvalue weighted by molar-refractivity contribution is -0.385. The zero-order valence-corrected chi connectivity index (χ0v) is 12.1. The first-order valence-corrected chi connectivity index (χ1v) is 6.98. The van der Waals surface area contributed by atoms with Crippen LogP contribution in [0.2, 0.25) is 5.02 Å². The molecule has 0 N–H and O–H groups in total. The average molecular weight is 346 g/mol. The Labute approximate surface area is 122 Å². The van der Waals surface area contributed by atoms with Crippen LogP contribution in [0.3, 0.4) is 0 Å². The van der Waals surface area contributed by atoms with Crippen LogP contribution < -0.4 is 0 Å². The number of alkyl halides is 1. The van der Waals surface area contributed by atoms with Crippen LogP contribution in [0.4, 0.5) is 5.69 Å². The molecule has 0 unspecified atom stereocenters. The van der Waals surface area contributed by atoms with Crippen LogP contribution in [0.5, 0.6) is 0 Å². The van der Waals surface area contributed by atoms with Crippen molar-refractivity contribution in [2.75, 3.05) is 5.33 Å². The first-order chi connectivity index (χ1) is 9.10. The van der Waals surface area contributed by atoms with Crippen LogP contribution in [0, 0.1) is 10.1 Å². The summed E-state index contributed by atoms with van der Waals surface area (Å²) in [7, 11) is 0. The molecule has 0 radical (unpaired) electrons. The second-order valence-electron chi connectivity index (χ2n) is 3.88. The zero-order valence-electron chi connectivity index (χ0n) is 9.79. The number of nitrogens with zero attached hydrogens (tertiary/aromatic N) is 4. The number of aryl methyl sites for hydroxylation is 1. The third kappa shape index (κ3) is 3.51. The van der Waals surface area contributed by atoms with E-state index in [2.05, 4.69) is 26.2 Å². The highest BCUT2D eigenvalue weighted by Crippen LogP contribution is 2.23. The molecule has 0 aliphatic carbocycles. The molecule has 0 bridgehead atoms. The molecule has 0 spiro atoms. The van der Waals surface area contributed by atoms with Crippen molar-refractivity contribution in [2.45, 2.75) is 13.0 Å². The van der Waals surface area contributed by atoms with Gasteiger partial charge in [-0.3, -0.25) is 10.1 Å². The number of aromatic nitrogens is 3. The van der Waals surface area contributed by atoms with Crippen molar-refractivity contribution >= 4 is 33.2 Å². The maximum absolute atomic E-state index is 10.9. The Morgan fingerprint density at radius 1 is 1.47 bits per heavy atom. The van der Waals surface area contributed by atoms with Crippen molar-refractivity contribution in [3.05, 3.63) is 50.8 Å². The van der Waals surface area contributed by atoms with E-state index in [1.807, 2.05) is 0 Å². The van der Waals surface area contributed by atoms with Gasteiger partial charge in [-0.15, -0.1) is 5.10 Å². The number of nitro groups is 1. The summed E-state index contributed by atoms with van der Waals surface area (Å²) in [6.07, 6.45) is 2.53. The Hall–Kier alpha value is -1.47. The van der Waals surface area contributed by atoms with E-state index in [0.29, 0.717) is 10.6 Å². The minimum atomic E-state index is -0.429. The summed E-state index contributed by atoms with van der Waals surface area (Å²) in [6, 6.07) is 4.47. The summed E-state index contributed by atoms with van der Waals surface area (Å²) in [5, 5.41) is 20.1. The highest BCUT2D eigenvalue weighted by atomic mass is 79.9. The number of halogens is 2. The smallest absolute Gasteiger partial charge is 0.258 e. The molecule has 1 aromatic carbocycles. The molecule has 2 aromatic rings. The van der Waals surface area contributed by atoms with E-state index in [4.69, 9.17) is 11.6 Å². The topological polar surface area (TPSA) is 73.8 Å². The van der Waals surface area contributed by atoms with Gasteiger partial charge in [0, 0.05) is 29.0 Å². The van der Waals surface area contributed by atoms with Gasteiger partial charge in [0.25, 0.3) is 5.69 Å². The van der Waals surface area contributed by atoms with Crippen LogP contribution in [-0.4, -0.2) is 25.2 Å². The van der Waals surface area contributed by atoms with Gasteiger partial charge in [-0.05, 0) is 12.1 Å². The molecular weight excluding hydrogens is 336 g/mol. The number of benzene rings is 1. The van der Waals surface area contributed by atoms with Crippen LogP contribution in [0.1, 0.15) is 11.3 Å². The van der Waals surface area contributed by atoms with Gasteiger partial charge in [-0.2, -0.15) is 0 Å². The minimum Gasteiger partial charge on any atom is -0.258 e. The first-order valence-electron chi connectivity index (χ1n) is 5.48. The van der Waals surface area contributed by atoms with Gasteiger partial charge in [0.05, 0.1) is 22.7 Å². The van der Waals surface area contributed by atoms with E-state index in [-0.39, 0.29) is 12.2 Å². The molecule has 0 amide bonds. The van der Waals surface area contributed by atoms with Gasteiger partial charge in [0.15, 0.2) is 0 Å². The summed E-state index contributed by atoms with van der Waals surface area (Å²) >= 11 is 9.19. The Morgan fingerprint density at radius 2 is 2.26 bits per heavy atom. The maximum Gasteiger partial charge on any atom is 0.274 e. The van der Waals surface area contributed by atoms with Crippen LogP contribution in [0.25, 0.3) is 0 Å². The molecule has 0 aliphatic heterocycles. The lowest BCUT2D eigenvalue weighted by Crippen LogP contribution is -2.04. The third-order valence-electron chi connectivity index (χ3n) is 2.51. The summed E-state index contributed by atoms with van der Waals surface area (Å²) in [5.41, 5.74) is 1.37. The molecule has 19 heavy (non-hydrogen) atoms. The summed E-state index contributed by atoms with van der Waals surface area (Å²) < 4.78 is 1.57. The Morgan fingerprint density at radius 3 is 2.95 bits per heavy atom. The van der Waals surface area contributed by atoms with Gasteiger partial charge in [-0.25, -0.2) is 4.68 Å². The Bertz CT molecular complexity index is 602. The Balaban J connectivity index is 2.26. The molecule has 0 atom stereocenters. The van der Waals surface area contributed by atoms with E-state index in [0.717, 1.165) is 17.4 Å². The van der Waals surface area contributed by atoms with E-state index < -0.39 is 4.92 Å². The molecule has 6 nitrogen and oxygen atoms in total. The van der Waals surface area contributed by atoms with Crippen molar-refractivity contribution in [3.63, 3.8) is 0 Å². The first kappa shape index (κ1) is 14.0. The molecule has 1 aromatic heterocycles. The van der Waals surface area contributed by atoms with Gasteiger partial charge in [0.1, 0.15) is 0 Å². The van der Waals surface area contributed by atoms with Crippen molar-refractivity contribution in [3.8, 4) is 0 Å². The molecule has 0 aliphatic rings. The maximum atomic E-state index is 10.9. The van der Waals surface area contributed by atoms with Crippen molar-refractivity contribution in [2.24, 2.45) is 0 Å². The van der Waals surface area contributed by atoms with E-state index >= 15 is 0 Å². The lowest BCUT2D eigenvalue weighted by atomic mass is 10.2. The van der Waals surface area contributed by atoms with Crippen molar-refractivity contribution in [1.82, 2.24) is 15.0 Å². The van der Waals surface area contributed by atoms with Crippen molar-refractivity contribution in [1.29, 1.82) is 0 Å². The highest BCUT2D eigenvalue weighted by Gasteiger charge is 2.15. The monoisotopic (exact) mass is 344 g/mol. The molecule has 8 heteroatoms. The average Bonchev–Trinajstić information content (AvgIpc) is 2.77. The molecule has 1 heterocycles. The fourth-order valence-electron chi connectivity index (χ4n) is 1.66. The lowest BCUT2D eigenvalue weighted by Gasteiger charge is -2.03. The van der Waals surface area contributed by atoms with Crippen LogP contribution >= 0.6 is 27.5 Å². The second kappa shape index (κ2) is 6.12. The number of rotatable bonds is 5. The fraction of sp³-hybridized carbons (Fsp3) is 0.273. The van der Waals surface area contributed by atoms with Gasteiger partial charge >= 0.3 is 0 Å². The summed E-state index contributed by atoms with van der Waals surface area (Å²) in [5.74, 6) is 0. The normalized spacial score (nSPS) is 10.6. The SMILES string of the molecule is O=[N+]([O-])c1ccc(Cl)cc1Cn1cc(CCBr)nn1. The zero-order chi connectivity index (χ0) is 13.8. The molecule has 0 fully saturated rings. The van der Waals surface area contributed by atoms with E-state index in [9.17, 15) is 10.1 Å². The van der Waals surface area contributed by atoms with Gasteiger partial charge in [-0.1, -0.05) is 32.7 Å². The van der Waals surface area contributed by atoms with Crippen molar-refractivity contribution < 1.29 is 4.92 Å². The minimum absolute atomic E-state index is 0.0296. The second-order valence-corrected chi connectivity index (χ2v) is 5.11. The van der Waals surface area contributed by atoms with Crippen LogP contribution in [0.15, 0.2) is 24.4 Å². The third-order valence-corrected chi connectivity index (χ3v) is 3.14. The van der Waals surface area contributed by atoms with E-state index in [1.54, 1.807) is 16.9 Å². The quantitative estimate of drug-likeness (QED) is 0.474. The van der Waals surface area contributed by atoms with Crippen LogP contribution in [-0.2, 0) is 13.0 Å². The number of hydrogen-bond acceptors (Lipinski definition) is 4. The standard InChI is InChI=1S/C11H10BrClN4O2/c12-4-3-10-7-16(15-14-10)6-8-5-9(13)1-2-11(8)17(18)19/h1-2,5,7H,3-4,6H2. The molecule has 0 saturated carbocycles. The summed E-state index contributed by atoms with van der Waals surface area (Å²) in [6.45, 7) is 0.270. The fourth-order valence-corrected chi connectivity index (χ4v) is 2.26. The largest absolute Gasteiger partial charge is 0.274 e. The summed E-state index contributed by atoms with van der Waals surface area (Å²) in [4.78, 5) is 10.5. The number of hydrogen-bond donors (Lipinski definition) is 0. The van der Waals surface area contributed by atoms with Gasteiger partial charge in [0.2, 0.25) is 0 Å². The predicted octanol–water partition coefficient (Wildman–Crippen LogP) is 2.83. The molecule has 2 rings (SSSR count). The number of nitro benzene ring substituents is 1. The van der Waals surface area contributed by atoms with Gasteiger partial charge < -0.3 is 0 Å². The predicted molar refractivity (Wildman–Crippen MR) is 74.7 cm³/mol. The highest BCUT2D eigenvalue weighted by molar-refractivity contribution is 9.09.